The Labute approximate surface area is 202 Å². The Hall–Kier alpha value is -3.38. The zero-order valence-electron chi connectivity index (χ0n) is 18.8. The highest BCUT2D eigenvalue weighted by Crippen LogP contribution is 2.53. The predicted molar refractivity (Wildman–Crippen MR) is 116 cm³/mol. The van der Waals surface area contributed by atoms with Gasteiger partial charge < -0.3 is 31.5 Å². The number of aromatic hydroxyl groups is 1. The third kappa shape index (κ3) is 3.20. The minimum atomic E-state index is -4.85. The SMILES string of the molecule is NC(=O)C1=C(O)C[C@@H]2CC3Cc4c(c(O)cc([C@@H]5CCCN5)c4C(F)(F)F)C(=O)C3=C(O)[C@]2(O)C1=O. The highest BCUT2D eigenvalue weighted by atomic mass is 19.4. The second kappa shape index (κ2) is 7.81. The third-order valence-electron chi connectivity index (χ3n) is 7.81. The average Bonchev–Trinajstić information content (AvgIpc) is 3.29. The first kappa shape index (κ1) is 24.3. The van der Waals surface area contributed by atoms with E-state index in [1.807, 2.05) is 0 Å². The van der Waals surface area contributed by atoms with E-state index in [0.717, 1.165) is 6.07 Å². The lowest BCUT2D eigenvalue weighted by atomic mass is 9.60. The van der Waals surface area contributed by atoms with E-state index in [1.165, 1.54) is 0 Å². The number of ketones is 2. The van der Waals surface area contributed by atoms with Crippen LogP contribution in [0.5, 0.6) is 5.75 Å². The van der Waals surface area contributed by atoms with Gasteiger partial charge in [0, 0.05) is 24.0 Å². The number of alkyl halides is 3. The molecule has 1 aliphatic heterocycles. The Bertz CT molecular complexity index is 1290. The monoisotopic (exact) mass is 508 g/mol. The molecule has 0 saturated carbocycles. The molecule has 1 unspecified atom stereocenters. The molecule has 1 aromatic rings. The highest BCUT2D eigenvalue weighted by Gasteiger charge is 2.60. The average molecular weight is 508 g/mol. The minimum absolute atomic E-state index is 0.174. The first-order valence-electron chi connectivity index (χ1n) is 11.4. The lowest BCUT2D eigenvalue weighted by molar-refractivity contribution is -0.144. The molecule has 36 heavy (non-hydrogen) atoms. The molecule has 12 heteroatoms. The molecular weight excluding hydrogens is 485 g/mol. The summed E-state index contributed by atoms with van der Waals surface area (Å²) in [6.45, 7) is 0.501. The first-order chi connectivity index (χ1) is 16.8. The van der Waals surface area contributed by atoms with Crippen molar-refractivity contribution in [2.75, 3.05) is 6.54 Å². The number of aliphatic hydroxyl groups excluding tert-OH is 2. The molecule has 9 nitrogen and oxygen atoms in total. The topological polar surface area (TPSA) is 170 Å². The van der Waals surface area contributed by atoms with Crippen LogP contribution in [0.1, 0.15) is 58.8 Å². The summed E-state index contributed by atoms with van der Waals surface area (Å²) in [6, 6.07) is 0.235. The molecule has 192 valence electrons. The van der Waals surface area contributed by atoms with Crippen molar-refractivity contribution in [3.05, 3.63) is 51.0 Å². The number of rotatable bonds is 2. The molecule has 1 fully saturated rings. The summed E-state index contributed by atoms with van der Waals surface area (Å²) >= 11 is 0. The maximum absolute atomic E-state index is 14.4. The molecule has 4 atom stereocenters. The number of aliphatic hydroxyl groups is 3. The molecule has 4 aliphatic rings. The van der Waals surface area contributed by atoms with Crippen LogP contribution in [0.15, 0.2) is 28.7 Å². The number of phenolic OH excluding ortho intramolecular Hbond substituents is 1. The third-order valence-corrected chi connectivity index (χ3v) is 7.81. The fraction of sp³-hybridized carbons (Fsp3) is 0.458. The van der Waals surface area contributed by atoms with Crippen molar-refractivity contribution in [1.82, 2.24) is 5.32 Å². The van der Waals surface area contributed by atoms with E-state index in [2.05, 4.69) is 5.32 Å². The van der Waals surface area contributed by atoms with Crippen LogP contribution in [0.2, 0.25) is 0 Å². The number of hydrogen-bond donors (Lipinski definition) is 6. The number of fused-ring (bicyclic) bond motifs is 3. The van der Waals surface area contributed by atoms with E-state index < -0.39 is 105 Å². The molecule has 1 saturated heterocycles. The summed E-state index contributed by atoms with van der Waals surface area (Å²) in [6.07, 6.45) is -4.91. The molecular formula is C24H23F3N2O7. The number of nitrogens with two attached hydrogens (primary N) is 1. The minimum Gasteiger partial charge on any atom is -0.511 e. The summed E-state index contributed by atoms with van der Waals surface area (Å²) in [4.78, 5) is 38.1. The number of amides is 1. The number of primary amides is 1. The Kier molecular flexibility index (Phi) is 5.27. The van der Waals surface area contributed by atoms with Crippen molar-refractivity contribution in [1.29, 1.82) is 0 Å². The molecule has 1 heterocycles. The number of halogens is 3. The summed E-state index contributed by atoms with van der Waals surface area (Å²) < 4.78 is 43.1. The van der Waals surface area contributed by atoms with Crippen molar-refractivity contribution in [2.24, 2.45) is 17.6 Å². The van der Waals surface area contributed by atoms with Crippen molar-refractivity contribution >= 4 is 17.5 Å². The summed E-state index contributed by atoms with van der Waals surface area (Å²) in [5, 5.41) is 46.0. The van der Waals surface area contributed by atoms with Gasteiger partial charge in [0.25, 0.3) is 5.91 Å². The van der Waals surface area contributed by atoms with Crippen LogP contribution in [0.25, 0.3) is 0 Å². The van der Waals surface area contributed by atoms with Crippen LogP contribution in [0, 0.1) is 11.8 Å². The van der Waals surface area contributed by atoms with E-state index in [9.17, 15) is 48.0 Å². The van der Waals surface area contributed by atoms with Crippen molar-refractivity contribution in [2.45, 2.75) is 49.9 Å². The number of Topliss-reactive ketones (excluding diaryl/α,β-unsaturated/α-hetero) is 2. The number of benzene rings is 1. The molecule has 0 bridgehead atoms. The maximum atomic E-state index is 14.4. The number of phenols is 1. The van der Waals surface area contributed by atoms with E-state index in [0.29, 0.717) is 19.4 Å². The van der Waals surface area contributed by atoms with Gasteiger partial charge in [-0.15, -0.1) is 0 Å². The quantitative estimate of drug-likeness (QED) is 0.330. The standard InChI is InChI=1S/C24H23F3N2O7/c25-24(26,27)18-10(12-2-1-3-29-12)7-14(31)16-11(18)5-8-4-9-6-13(30)17(22(28)35)21(34)23(9,36)20(33)15(8)19(16)32/h7-9,12,29-31,33,36H,1-6H2,(H2,28,35)/t8?,9-,12-,23-/m0/s1. The highest BCUT2D eigenvalue weighted by molar-refractivity contribution is 6.24. The normalized spacial score (nSPS) is 30.3. The molecule has 3 aliphatic carbocycles. The Morgan fingerprint density at radius 1 is 1.17 bits per heavy atom. The number of carbonyl (C=O) groups excluding carboxylic acids is 3. The van der Waals surface area contributed by atoms with Gasteiger partial charge in [-0.3, -0.25) is 14.4 Å². The van der Waals surface area contributed by atoms with Crippen LogP contribution >= 0.6 is 0 Å². The number of nitrogens with one attached hydrogen (secondary N) is 1. The van der Waals surface area contributed by atoms with E-state index >= 15 is 0 Å². The molecule has 7 N–H and O–H groups in total. The molecule has 0 spiro atoms. The molecule has 0 aromatic heterocycles. The van der Waals surface area contributed by atoms with Crippen LogP contribution in [-0.2, 0) is 22.2 Å². The zero-order chi connectivity index (χ0) is 26.3. The van der Waals surface area contributed by atoms with Gasteiger partial charge in [-0.25, -0.2) is 0 Å². The second-order valence-corrected chi connectivity index (χ2v) is 9.77. The van der Waals surface area contributed by atoms with Gasteiger partial charge in [0.15, 0.2) is 11.4 Å². The van der Waals surface area contributed by atoms with Gasteiger partial charge >= 0.3 is 6.18 Å². The lowest BCUT2D eigenvalue weighted by Gasteiger charge is -2.45. The fourth-order valence-electron chi connectivity index (χ4n) is 6.28. The number of hydrogen-bond acceptors (Lipinski definition) is 8. The molecule has 0 radical (unpaired) electrons. The van der Waals surface area contributed by atoms with E-state index in [-0.39, 0.29) is 12.0 Å². The van der Waals surface area contributed by atoms with Gasteiger partial charge in [-0.1, -0.05) is 0 Å². The Balaban J connectivity index is 1.71. The Morgan fingerprint density at radius 2 is 1.86 bits per heavy atom. The van der Waals surface area contributed by atoms with Gasteiger partial charge in [-0.05, 0) is 55.3 Å². The number of allylic oxidation sites excluding steroid dienone is 2. The van der Waals surface area contributed by atoms with Crippen LogP contribution in [0.3, 0.4) is 0 Å². The molecule has 1 aromatic carbocycles. The van der Waals surface area contributed by atoms with Crippen molar-refractivity contribution in [3.8, 4) is 5.75 Å². The van der Waals surface area contributed by atoms with E-state index in [1.54, 1.807) is 0 Å². The fourth-order valence-corrected chi connectivity index (χ4v) is 6.28. The van der Waals surface area contributed by atoms with Gasteiger partial charge in [0.2, 0.25) is 5.78 Å². The number of carbonyl (C=O) groups is 3. The summed E-state index contributed by atoms with van der Waals surface area (Å²) in [7, 11) is 0. The first-order valence-corrected chi connectivity index (χ1v) is 11.4. The Morgan fingerprint density at radius 3 is 2.44 bits per heavy atom. The molecule has 1 amide bonds. The van der Waals surface area contributed by atoms with Crippen LogP contribution in [0.4, 0.5) is 13.2 Å². The maximum Gasteiger partial charge on any atom is 0.417 e. The lowest BCUT2D eigenvalue weighted by Crippen LogP contribution is -2.57. The van der Waals surface area contributed by atoms with Crippen molar-refractivity contribution < 1.29 is 48.0 Å². The summed E-state index contributed by atoms with van der Waals surface area (Å²) in [5.74, 6) is -8.66. The summed E-state index contributed by atoms with van der Waals surface area (Å²) in [5.41, 5.74) is -1.32. The largest absolute Gasteiger partial charge is 0.511 e. The zero-order valence-corrected chi connectivity index (χ0v) is 18.8. The van der Waals surface area contributed by atoms with E-state index in [4.69, 9.17) is 5.73 Å². The van der Waals surface area contributed by atoms with Crippen molar-refractivity contribution in [3.63, 3.8) is 0 Å². The van der Waals surface area contributed by atoms with Gasteiger partial charge in [0.05, 0.1) is 11.1 Å². The van der Waals surface area contributed by atoms with Crippen LogP contribution < -0.4 is 11.1 Å². The molecule has 5 rings (SSSR count). The van der Waals surface area contributed by atoms with Gasteiger partial charge in [-0.2, -0.15) is 13.2 Å². The second-order valence-electron chi connectivity index (χ2n) is 9.77. The predicted octanol–water partition coefficient (Wildman–Crippen LogP) is 2.02. The van der Waals surface area contributed by atoms with Gasteiger partial charge in [0.1, 0.15) is 22.8 Å². The smallest absolute Gasteiger partial charge is 0.417 e. The van der Waals surface area contributed by atoms with Crippen LogP contribution in [-0.4, -0.2) is 50.0 Å².